The van der Waals surface area contributed by atoms with Crippen LogP contribution in [0, 0.1) is 0 Å². The van der Waals surface area contributed by atoms with Gasteiger partial charge in [-0.05, 0) is 35.9 Å². The topological polar surface area (TPSA) is 81.9 Å². The molecule has 7 nitrogen and oxygen atoms in total. The number of imidazole rings is 1. The van der Waals surface area contributed by atoms with Crippen LogP contribution in [0.1, 0.15) is 38.1 Å². The van der Waals surface area contributed by atoms with E-state index in [0.717, 1.165) is 28.5 Å². The molecule has 0 amide bonds. The number of ether oxygens (including phenoxy) is 1. The van der Waals surface area contributed by atoms with Gasteiger partial charge in [0, 0.05) is 18.5 Å². The number of H-pyrrole nitrogens is 1. The van der Waals surface area contributed by atoms with E-state index < -0.39 is 0 Å². The highest BCUT2D eigenvalue weighted by Gasteiger charge is 2.16. The van der Waals surface area contributed by atoms with Gasteiger partial charge in [0.15, 0.2) is 5.65 Å². The summed E-state index contributed by atoms with van der Waals surface area (Å²) in [6.45, 7) is 4.84. The predicted molar refractivity (Wildman–Crippen MR) is 125 cm³/mol. The molecule has 7 heteroatoms. The number of hydrogen-bond acceptors (Lipinski definition) is 4. The van der Waals surface area contributed by atoms with Gasteiger partial charge >= 0.3 is 5.69 Å². The lowest BCUT2D eigenvalue weighted by Gasteiger charge is -2.09. The zero-order valence-corrected chi connectivity index (χ0v) is 18.0. The Kier molecular flexibility index (Phi) is 5.75. The second-order valence-corrected chi connectivity index (χ2v) is 7.45. The van der Waals surface area contributed by atoms with Crippen molar-refractivity contribution in [2.24, 2.45) is 0 Å². The van der Waals surface area contributed by atoms with Crippen LogP contribution in [0.4, 0.5) is 0 Å². The number of nitrogens with zero attached hydrogens (tertiary/aromatic N) is 3. The summed E-state index contributed by atoms with van der Waals surface area (Å²) >= 11 is 0. The maximum atomic E-state index is 12.9. The second-order valence-electron chi connectivity index (χ2n) is 7.45. The van der Waals surface area contributed by atoms with E-state index in [-0.39, 0.29) is 11.2 Å². The van der Waals surface area contributed by atoms with E-state index in [1.165, 1.54) is 4.57 Å². The Balaban J connectivity index is 1.83. The molecule has 0 fully saturated rings. The van der Waals surface area contributed by atoms with Crippen molar-refractivity contribution < 1.29 is 4.74 Å². The van der Waals surface area contributed by atoms with Gasteiger partial charge in [0.25, 0.3) is 5.56 Å². The third-order valence-corrected chi connectivity index (χ3v) is 5.33. The Bertz CT molecular complexity index is 1390. The first-order valence-corrected chi connectivity index (χ1v) is 10.6. The minimum atomic E-state index is -0.323. The highest BCUT2D eigenvalue weighted by atomic mass is 16.5. The molecule has 2 aromatic carbocycles. The zero-order chi connectivity index (χ0) is 22.0. The maximum absolute atomic E-state index is 12.9. The average Bonchev–Trinajstić information content (AvgIpc) is 3.22. The number of aryl methyl sites for hydroxylation is 1. The van der Waals surface area contributed by atoms with Crippen LogP contribution in [-0.4, -0.2) is 26.2 Å². The molecule has 0 saturated carbocycles. The summed E-state index contributed by atoms with van der Waals surface area (Å²) in [6, 6.07) is 11.9. The fraction of sp³-hybridized carbons (Fsp3) is 0.292. The third-order valence-electron chi connectivity index (χ3n) is 5.33. The van der Waals surface area contributed by atoms with Crippen LogP contribution in [0.3, 0.4) is 0 Å². The molecule has 2 heterocycles. The van der Waals surface area contributed by atoms with Gasteiger partial charge in [-0.2, -0.15) is 0 Å². The van der Waals surface area contributed by atoms with Gasteiger partial charge in [0.05, 0.1) is 7.11 Å². The lowest BCUT2D eigenvalue weighted by molar-refractivity contribution is 0.420. The van der Waals surface area contributed by atoms with Gasteiger partial charge in [-0.3, -0.25) is 13.9 Å². The Morgan fingerprint density at radius 2 is 1.68 bits per heavy atom. The molecule has 0 radical (unpaired) electrons. The maximum Gasteiger partial charge on any atom is 0.332 e. The van der Waals surface area contributed by atoms with Gasteiger partial charge < -0.3 is 9.72 Å². The zero-order valence-electron chi connectivity index (χ0n) is 18.0. The van der Waals surface area contributed by atoms with E-state index in [4.69, 9.17) is 4.74 Å². The van der Waals surface area contributed by atoms with Gasteiger partial charge in [0.2, 0.25) is 0 Å². The number of fused-ring (bicyclic) bond motifs is 2. The number of aromatic amines is 1. The minimum Gasteiger partial charge on any atom is -0.496 e. The van der Waals surface area contributed by atoms with Crippen molar-refractivity contribution in [2.45, 2.75) is 39.8 Å². The average molecular weight is 418 g/mol. The molecule has 1 N–H and O–H groups in total. The molecule has 0 spiro atoms. The van der Waals surface area contributed by atoms with E-state index in [9.17, 15) is 9.59 Å². The normalized spacial score (nSPS) is 11.7. The minimum absolute atomic E-state index is 0.302. The lowest BCUT2D eigenvalue weighted by atomic mass is 10.0. The number of nitrogens with one attached hydrogen (secondary N) is 1. The highest BCUT2D eigenvalue weighted by molar-refractivity contribution is 5.96. The molecule has 31 heavy (non-hydrogen) atoms. The molecule has 0 aliphatic carbocycles. The first-order valence-electron chi connectivity index (χ1n) is 10.6. The second kappa shape index (κ2) is 8.63. The molecule has 0 atom stereocenters. The molecule has 4 aromatic rings. The van der Waals surface area contributed by atoms with Crippen LogP contribution in [0.15, 0.2) is 46.0 Å². The number of aromatic nitrogens is 4. The van der Waals surface area contributed by atoms with Crippen molar-refractivity contribution in [1.29, 1.82) is 0 Å². The van der Waals surface area contributed by atoms with Crippen LogP contribution in [0.25, 0.3) is 34.1 Å². The number of hydrogen-bond donors (Lipinski definition) is 1. The molecular weight excluding hydrogens is 392 g/mol. The summed E-state index contributed by atoms with van der Waals surface area (Å²) in [5.74, 6) is 1.35. The summed E-state index contributed by atoms with van der Waals surface area (Å²) in [5, 5.41) is 2.08. The Morgan fingerprint density at radius 1 is 0.968 bits per heavy atom. The van der Waals surface area contributed by atoms with E-state index in [2.05, 4.69) is 9.97 Å². The van der Waals surface area contributed by atoms with Crippen LogP contribution >= 0.6 is 0 Å². The molecule has 2 aromatic heterocycles. The third kappa shape index (κ3) is 3.67. The van der Waals surface area contributed by atoms with Crippen molar-refractivity contribution in [3.8, 4) is 5.75 Å². The van der Waals surface area contributed by atoms with Crippen molar-refractivity contribution in [1.82, 2.24) is 19.1 Å². The summed E-state index contributed by atoms with van der Waals surface area (Å²) < 4.78 is 8.34. The van der Waals surface area contributed by atoms with Crippen LogP contribution in [-0.2, 0) is 13.1 Å². The van der Waals surface area contributed by atoms with Crippen molar-refractivity contribution in [2.75, 3.05) is 7.11 Å². The van der Waals surface area contributed by atoms with Gasteiger partial charge in [-0.1, -0.05) is 50.3 Å². The Labute approximate surface area is 179 Å². The number of methoxy groups -OCH3 is 1. The monoisotopic (exact) mass is 418 g/mol. The molecule has 160 valence electrons. The van der Waals surface area contributed by atoms with Gasteiger partial charge in [-0.15, -0.1) is 0 Å². The SMILES string of the molecule is CCCn1c(=O)c2[nH]c(C=Cc3ccc(OC)c4ccccc34)nc2n(CCC)c1=O. The van der Waals surface area contributed by atoms with E-state index >= 15 is 0 Å². The predicted octanol–water partition coefficient (Wildman–Crippen LogP) is 4.04. The van der Waals surface area contributed by atoms with Crippen LogP contribution in [0.2, 0.25) is 0 Å². The molecule has 0 aliphatic rings. The largest absolute Gasteiger partial charge is 0.496 e. The molecule has 0 unspecified atom stereocenters. The highest BCUT2D eigenvalue weighted by Crippen LogP contribution is 2.29. The van der Waals surface area contributed by atoms with E-state index in [1.54, 1.807) is 11.7 Å². The summed E-state index contributed by atoms with van der Waals surface area (Å²) in [6.07, 6.45) is 5.26. The standard InChI is InChI=1S/C24H26N4O3/c1-4-14-27-22-21(23(29)28(15-5-2)24(27)30)25-20(26-22)13-11-16-10-12-19(31-3)18-9-7-6-8-17(16)18/h6-13H,4-5,14-15H2,1-3H3,(H,25,26). The first kappa shape index (κ1) is 20.7. The Morgan fingerprint density at radius 3 is 2.39 bits per heavy atom. The van der Waals surface area contributed by atoms with Gasteiger partial charge in [-0.25, -0.2) is 9.78 Å². The molecular formula is C24H26N4O3. The first-order chi connectivity index (χ1) is 15.1. The fourth-order valence-corrected chi connectivity index (χ4v) is 3.90. The smallest absolute Gasteiger partial charge is 0.332 e. The van der Waals surface area contributed by atoms with Gasteiger partial charge in [0.1, 0.15) is 17.1 Å². The van der Waals surface area contributed by atoms with Crippen molar-refractivity contribution >= 4 is 34.1 Å². The Hall–Kier alpha value is -3.61. The molecule has 4 rings (SSSR count). The summed E-state index contributed by atoms with van der Waals surface area (Å²) in [5.41, 5.74) is 1.15. The van der Waals surface area contributed by atoms with Crippen LogP contribution in [0.5, 0.6) is 5.75 Å². The van der Waals surface area contributed by atoms with E-state index in [0.29, 0.717) is 36.5 Å². The fourth-order valence-electron chi connectivity index (χ4n) is 3.90. The number of benzene rings is 2. The molecule has 0 aliphatic heterocycles. The molecule has 0 saturated heterocycles. The summed E-state index contributed by atoms with van der Waals surface area (Å²) in [4.78, 5) is 33.4. The van der Waals surface area contributed by atoms with Crippen LogP contribution < -0.4 is 16.0 Å². The van der Waals surface area contributed by atoms with Crippen molar-refractivity contribution in [3.05, 3.63) is 68.6 Å². The quantitative estimate of drug-likeness (QED) is 0.491. The lowest BCUT2D eigenvalue weighted by Crippen LogP contribution is -2.40. The summed E-state index contributed by atoms with van der Waals surface area (Å²) in [7, 11) is 1.66. The molecule has 0 bridgehead atoms. The van der Waals surface area contributed by atoms with E-state index in [1.807, 2.05) is 62.4 Å². The van der Waals surface area contributed by atoms with Crippen molar-refractivity contribution in [3.63, 3.8) is 0 Å². The number of rotatable bonds is 7.